The Morgan fingerprint density at radius 3 is 2.50 bits per heavy atom. The van der Waals surface area contributed by atoms with Gasteiger partial charge < -0.3 is 14.7 Å². The highest BCUT2D eigenvalue weighted by atomic mass is 16.5. The number of nitrogens with zero attached hydrogens (tertiary/aromatic N) is 1. The molecule has 0 aliphatic carbocycles. The summed E-state index contributed by atoms with van der Waals surface area (Å²) < 4.78 is 5.39. The van der Waals surface area contributed by atoms with Crippen LogP contribution in [0, 0.1) is 0 Å². The molecule has 1 aliphatic rings. The van der Waals surface area contributed by atoms with Crippen LogP contribution in [0.5, 0.6) is 0 Å². The molecular weight excluding hydrogens is 182 g/mol. The number of methoxy groups -OCH3 is 1. The second-order valence-corrected chi connectivity index (χ2v) is 3.84. The van der Waals surface area contributed by atoms with Gasteiger partial charge in [-0.15, -0.1) is 0 Å². The molecule has 1 aliphatic heterocycles. The van der Waals surface area contributed by atoms with E-state index in [0.717, 1.165) is 25.9 Å². The van der Waals surface area contributed by atoms with Crippen LogP contribution >= 0.6 is 0 Å². The van der Waals surface area contributed by atoms with Crippen molar-refractivity contribution in [2.45, 2.75) is 25.4 Å². The van der Waals surface area contributed by atoms with Crippen LogP contribution in [0.15, 0.2) is 12.3 Å². The normalized spacial score (nSPS) is 21.4. The molecule has 1 heterocycles. The van der Waals surface area contributed by atoms with Crippen LogP contribution in [0.25, 0.3) is 0 Å². The third-order valence-electron chi connectivity index (χ3n) is 2.78. The Morgan fingerprint density at radius 2 is 2.07 bits per heavy atom. The van der Waals surface area contributed by atoms with Crippen molar-refractivity contribution in [3.63, 3.8) is 0 Å². The first-order chi connectivity index (χ1) is 6.56. The van der Waals surface area contributed by atoms with Gasteiger partial charge >= 0.3 is 5.97 Å². The average molecular weight is 199 g/mol. The van der Waals surface area contributed by atoms with Crippen LogP contribution in [0.2, 0.25) is 0 Å². The molecule has 0 bridgehead atoms. The summed E-state index contributed by atoms with van der Waals surface area (Å²) in [6.45, 7) is 3.80. The summed E-state index contributed by atoms with van der Waals surface area (Å²) in [6.07, 6.45) is 4.69. The highest BCUT2D eigenvalue weighted by Gasteiger charge is 2.28. The summed E-state index contributed by atoms with van der Waals surface area (Å²) in [5.41, 5.74) is -0.0342. The molecule has 80 valence electrons. The van der Waals surface area contributed by atoms with Gasteiger partial charge in [0.1, 0.15) is 0 Å². The molecule has 0 radical (unpaired) electrons. The predicted molar refractivity (Wildman–Crippen MR) is 53.0 cm³/mol. The number of carboxylic acid groups (broad SMARTS) is 1. The van der Waals surface area contributed by atoms with Gasteiger partial charge in [0.2, 0.25) is 0 Å². The van der Waals surface area contributed by atoms with Gasteiger partial charge in [-0.05, 0) is 19.8 Å². The Balaban J connectivity index is 2.39. The van der Waals surface area contributed by atoms with Crippen LogP contribution in [0.1, 0.15) is 19.8 Å². The zero-order chi connectivity index (χ0) is 10.6. The van der Waals surface area contributed by atoms with E-state index in [1.54, 1.807) is 13.3 Å². The van der Waals surface area contributed by atoms with Gasteiger partial charge in [-0.25, -0.2) is 4.79 Å². The summed E-state index contributed by atoms with van der Waals surface area (Å²) in [7, 11) is 1.72. The molecule has 1 saturated heterocycles. The van der Waals surface area contributed by atoms with Crippen LogP contribution < -0.4 is 0 Å². The van der Waals surface area contributed by atoms with Crippen LogP contribution in [-0.2, 0) is 9.53 Å². The standard InChI is InChI=1S/C10H17NO3/c1-10(14-2)4-7-11(8-5-10)6-3-9(12)13/h3,6H,4-5,7-8H2,1-2H3,(H,12,13)/b6-3+. The van der Waals surface area contributed by atoms with Crippen molar-refractivity contribution in [1.82, 2.24) is 4.90 Å². The highest BCUT2D eigenvalue weighted by molar-refractivity contribution is 5.79. The third-order valence-corrected chi connectivity index (χ3v) is 2.78. The van der Waals surface area contributed by atoms with Gasteiger partial charge in [0.25, 0.3) is 0 Å². The lowest BCUT2D eigenvalue weighted by atomic mass is 9.94. The SMILES string of the molecule is COC1(C)CCN(/C=C/C(=O)O)CC1. The fraction of sp³-hybridized carbons (Fsp3) is 0.700. The molecule has 0 aromatic rings. The lowest BCUT2D eigenvalue weighted by Crippen LogP contribution is -2.41. The van der Waals surface area contributed by atoms with E-state index >= 15 is 0 Å². The van der Waals surface area contributed by atoms with Crippen molar-refractivity contribution < 1.29 is 14.6 Å². The molecular formula is C10H17NO3. The van der Waals surface area contributed by atoms with Crippen molar-refractivity contribution in [1.29, 1.82) is 0 Å². The number of hydrogen-bond acceptors (Lipinski definition) is 3. The molecule has 1 fully saturated rings. The van der Waals surface area contributed by atoms with E-state index in [2.05, 4.69) is 6.92 Å². The molecule has 1 rings (SSSR count). The number of carboxylic acids is 1. The maximum Gasteiger partial charge on any atom is 0.329 e. The minimum absolute atomic E-state index is 0.0342. The topological polar surface area (TPSA) is 49.8 Å². The largest absolute Gasteiger partial charge is 0.478 e. The van der Waals surface area contributed by atoms with E-state index in [-0.39, 0.29) is 5.60 Å². The maximum absolute atomic E-state index is 10.3. The second-order valence-electron chi connectivity index (χ2n) is 3.84. The van der Waals surface area contributed by atoms with E-state index in [1.165, 1.54) is 6.08 Å². The Kier molecular flexibility index (Phi) is 3.52. The molecule has 0 saturated carbocycles. The minimum atomic E-state index is -0.898. The Labute approximate surface area is 84.2 Å². The number of likely N-dealkylation sites (tertiary alicyclic amines) is 1. The van der Waals surface area contributed by atoms with E-state index < -0.39 is 5.97 Å². The van der Waals surface area contributed by atoms with E-state index in [4.69, 9.17) is 9.84 Å². The van der Waals surface area contributed by atoms with E-state index in [1.807, 2.05) is 4.90 Å². The van der Waals surface area contributed by atoms with Crippen molar-refractivity contribution >= 4 is 5.97 Å². The molecule has 0 spiro atoms. The van der Waals surface area contributed by atoms with E-state index in [0.29, 0.717) is 0 Å². The number of piperidine rings is 1. The molecule has 0 unspecified atom stereocenters. The van der Waals surface area contributed by atoms with Gasteiger partial charge in [-0.1, -0.05) is 0 Å². The number of aliphatic carboxylic acids is 1. The first kappa shape index (κ1) is 11.0. The average Bonchev–Trinajstić information content (AvgIpc) is 2.17. The fourth-order valence-electron chi connectivity index (χ4n) is 1.52. The van der Waals surface area contributed by atoms with Gasteiger partial charge in [-0.3, -0.25) is 0 Å². The van der Waals surface area contributed by atoms with Crippen LogP contribution in [0.3, 0.4) is 0 Å². The van der Waals surface area contributed by atoms with E-state index in [9.17, 15) is 4.79 Å². The summed E-state index contributed by atoms with van der Waals surface area (Å²) in [5, 5.41) is 8.45. The van der Waals surface area contributed by atoms with Crippen LogP contribution in [0.4, 0.5) is 0 Å². The van der Waals surface area contributed by atoms with Crippen molar-refractivity contribution in [3.05, 3.63) is 12.3 Å². The number of carbonyl (C=O) groups is 1. The van der Waals surface area contributed by atoms with Crippen molar-refractivity contribution in [2.24, 2.45) is 0 Å². The Morgan fingerprint density at radius 1 is 1.50 bits per heavy atom. The zero-order valence-electron chi connectivity index (χ0n) is 8.69. The third kappa shape index (κ3) is 3.03. The molecule has 0 aromatic carbocycles. The van der Waals surface area contributed by atoms with Gasteiger partial charge in [0.05, 0.1) is 5.60 Å². The Hall–Kier alpha value is -1.03. The van der Waals surface area contributed by atoms with Gasteiger partial charge in [0.15, 0.2) is 0 Å². The highest BCUT2D eigenvalue weighted by Crippen LogP contribution is 2.24. The smallest absolute Gasteiger partial charge is 0.329 e. The number of hydrogen-bond donors (Lipinski definition) is 1. The first-order valence-electron chi connectivity index (χ1n) is 4.76. The van der Waals surface area contributed by atoms with Crippen molar-refractivity contribution in [2.75, 3.05) is 20.2 Å². The molecule has 4 heteroatoms. The first-order valence-corrected chi connectivity index (χ1v) is 4.76. The van der Waals surface area contributed by atoms with Gasteiger partial charge in [-0.2, -0.15) is 0 Å². The summed E-state index contributed by atoms with van der Waals surface area (Å²) in [6, 6.07) is 0. The quantitative estimate of drug-likeness (QED) is 0.691. The minimum Gasteiger partial charge on any atom is -0.478 e. The zero-order valence-corrected chi connectivity index (χ0v) is 8.69. The fourth-order valence-corrected chi connectivity index (χ4v) is 1.52. The summed E-state index contributed by atoms with van der Waals surface area (Å²) >= 11 is 0. The number of ether oxygens (including phenoxy) is 1. The maximum atomic E-state index is 10.3. The molecule has 0 atom stereocenters. The summed E-state index contributed by atoms with van der Waals surface area (Å²) in [5.74, 6) is -0.898. The molecule has 1 N–H and O–H groups in total. The van der Waals surface area contributed by atoms with Crippen molar-refractivity contribution in [3.8, 4) is 0 Å². The Bertz CT molecular complexity index is 230. The lowest BCUT2D eigenvalue weighted by Gasteiger charge is -2.37. The van der Waals surface area contributed by atoms with Gasteiger partial charge in [0, 0.05) is 32.5 Å². The summed E-state index contributed by atoms with van der Waals surface area (Å²) in [4.78, 5) is 12.3. The predicted octanol–water partition coefficient (Wildman–Crippen LogP) is 1.09. The lowest BCUT2D eigenvalue weighted by molar-refractivity contribution is -0.131. The molecule has 0 aromatic heterocycles. The second kappa shape index (κ2) is 4.46. The number of rotatable bonds is 3. The molecule has 0 amide bonds. The molecule has 4 nitrogen and oxygen atoms in total. The molecule has 14 heavy (non-hydrogen) atoms. The monoisotopic (exact) mass is 199 g/mol. The van der Waals surface area contributed by atoms with Crippen LogP contribution in [-0.4, -0.2) is 41.8 Å².